The van der Waals surface area contributed by atoms with Crippen molar-refractivity contribution in [3.63, 3.8) is 0 Å². The van der Waals surface area contributed by atoms with Crippen LogP contribution in [-0.2, 0) is 4.79 Å². The number of carbonyl (C=O) groups excluding carboxylic acids is 1. The van der Waals surface area contributed by atoms with Gasteiger partial charge in [-0.05, 0) is 18.6 Å². The van der Waals surface area contributed by atoms with Crippen LogP contribution in [0, 0.1) is 0 Å². The van der Waals surface area contributed by atoms with E-state index in [2.05, 4.69) is 11.8 Å². The van der Waals surface area contributed by atoms with Crippen molar-refractivity contribution < 1.29 is 4.79 Å². The third-order valence-corrected chi connectivity index (χ3v) is 1.98. The van der Waals surface area contributed by atoms with Crippen molar-refractivity contribution in [1.82, 2.24) is 0 Å². The van der Waals surface area contributed by atoms with Crippen LogP contribution in [0.3, 0.4) is 0 Å². The summed E-state index contributed by atoms with van der Waals surface area (Å²) < 4.78 is 0. The van der Waals surface area contributed by atoms with E-state index in [0.29, 0.717) is 5.56 Å². The quantitative estimate of drug-likeness (QED) is 0.699. The van der Waals surface area contributed by atoms with Crippen LogP contribution in [0.5, 0.6) is 0 Å². The number of hydrogen-bond donors (Lipinski definition) is 0. The summed E-state index contributed by atoms with van der Waals surface area (Å²) in [6.45, 7) is 3.07. The lowest BCUT2D eigenvalue weighted by molar-refractivity contribution is 0.562. The molecule has 1 radical (unpaired) electrons. The Labute approximate surface area is 79.2 Å². The summed E-state index contributed by atoms with van der Waals surface area (Å²) in [5.41, 5.74) is 1.60. The van der Waals surface area contributed by atoms with Gasteiger partial charge in [-0.3, -0.25) is 4.79 Å². The molecule has 0 aliphatic rings. The Kier molecular flexibility index (Phi) is 3.50. The summed E-state index contributed by atoms with van der Waals surface area (Å²) in [5, 5.41) is 0. The molecule has 13 heavy (non-hydrogen) atoms. The molecule has 2 heteroatoms. The average molecular weight is 176 g/mol. The largest absolute Gasteiger partial charge is 0.374 e. The minimum atomic E-state index is 0.637. The zero-order valence-electron chi connectivity index (χ0n) is 8.08. The minimum Gasteiger partial charge on any atom is -0.374 e. The Hall–Kier alpha value is -1.31. The predicted molar refractivity (Wildman–Crippen MR) is 54.8 cm³/mol. The molecule has 0 heterocycles. The molecule has 0 aromatic heterocycles. The number of anilines is 1. The fourth-order valence-electron chi connectivity index (χ4n) is 1.35. The lowest BCUT2D eigenvalue weighted by Crippen LogP contribution is -2.19. The third kappa shape index (κ3) is 2.31. The molecule has 69 valence electrons. The van der Waals surface area contributed by atoms with E-state index >= 15 is 0 Å². The monoisotopic (exact) mass is 176 g/mol. The molecule has 0 saturated carbocycles. The first-order valence-corrected chi connectivity index (χ1v) is 4.48. The molecule has 0 bridgehead atoms. The van der Waals surface area contributed by atoms with Crippen LogP contribution in [0.2, 0.25) is 0 Å². The normalized spacial score (nSPS) is 9.69. The molecule has 0 aliphatic carbocycles. The first-order valence-electron chi connectivity index (χ1n) is 4.48. The van der Waals surface area contributed by atoms with E-state index in [4.69, 9.17) is 0 Å². The molecule has 0 N–H and O–H groups in total. The second-order valence-corrected chi connectivity index (χ2v) is 3.04. The molecular weight excluding hydrogens is 162 g/mol. The highest BCUT2D eigenvalue weighted by Gasteiger charge is 2.04. The van der Waals surface area contributed by atoms with Gasteiger partial charge in [0.2, 0.25) is 6.29 Å². The van der Waals surface area contributed by atoms with E-state index in [1.807, 2.05) is 31.5 Å². The van der Waals surface area contributed by atoms with E-state index in [1.54, 1.807) is 6.07 Å². The number of para-hydroxylation sites is 1. The average Bonchev–Trinajstić information content (AvgIpc) is 2.18. The number of nitrogens with zero attached hydrogens (tertiary/aromatic N) is 1. The SMILES string of the molecule is CCCN(C)c1ccccc1[C]=O. The highest BCUT2D eigenvalue weighted by Crippen LogP contribution is 2.16. The van der Waals surface area contributed by atoms with Gasteiger partial charge in [0.25, 0.3) is 0 Å². The Balaban J connectivity index is 2.91. The van der Waals surface area contributed by atoms with Gasteiger partial charge in [-0.15, -0.1) is 0 Å². The molecule has 0 spiro atoms. The van der Waals surface area contributed by atoms with Crippen molar-refractivity contribution in [3.05, 3.63) is 29.8 Å². The van der Waals surface area contributed by atoms with Gasteiger partial charge in [0.05, 0.1) is 0 Å². The van der Waals surface area contributed by atoms with Crippen LogP contribution >= 0.6 is 0 Å². The van der Waals surface area contributed by atoms with Crippen LogP contribution in [0.25, 0.3) is 0 Å². The molecule has 0 saturated heterocycles. The van der Waals surface area contributed by atoms with Crippen molar-refractivity contribution in [2.45, 2.75) is 13.3 Å². The lowest BCUT2D eigenvalue weighted by Gasteiger charge is -2.19. The molecule has 1 rings (SSSR count). The van der Waals surface area contributed by atoms with Gasteiger partial charge in [-0.25, -0.2) is 0 Å². The molecule has 0 fully saturated rings. The van der Waals surface area contributed by atoms with E-state index in [-0.39, 0.29) is 0 Å². The van der Waals surface area contributed by atoms with Gasteiger partial charge in [0.1, 0.15) is 0 Å². The van der Waals surface area contributed by atoms with Gasteiger partial charge in [-0.2, -0.15) is 0 Å². The van der Waals surface area contributed by atoms with E-state index in [9.17, 15) is 4.79 Å². The fraction of sp³-hybridized carbons (Fsp3) is 0.364. The smallest absolute Gasteiger partial charge is 0.235 e. The van der Waals surface area contributed by atoms with Gasteiger partial charge in [-0.1, -0.05) is 19.1 Å². The molecule has 0 amide bonds. The van der Waals surface area contributed by atoms with Crippen molar-refractivity contribution in [3.8, 4) is 0 Å². The van der Waals surface area contributed by atoms with E-state index < -0.39 is 0 Å². The standard InChI is InChI=1S/C11H14NO/c1-3-8-12(2)11-7-5-4-6-10(11)9-13/h4-7H,3,8H2,1-2H3. The zero-order chi connectivity index (χ0) is 9.68. The topological polar surface area (TPSA) is 20.3 Å². The van der Waals surface area contributed by atoms with Gasteiger partial charge in [0, 0.05) is 24.8 Å². The first-order chi connectivity index (χ1) is 6.29. The van der Waals surface area contributed by atoms with Crippen LogP contribution in [0.1, 0.15) is 18.9 Å². The number of rotatable bonds is 4. The Morgan fingerprint density at radius 2 is 2.08 bits per heavy atom. The summed E-state index contributed by atoms with van der Waals surface area (Å²) >= 11 is 0. The summed E-state index contributed by atoms with van der Waals surface area (Å²) in [6, 6.07) is 7.51. The predicted octanol–water partition coefficient (Wildman–Crippen LogP) is 1.99. The number of benzene rings is 1. The van der Waals surface area contributed by atoms with E-state index in [1.165, 1.54) is 0 Å². The summed E-state index contributed by atoms with van der Waals surface area (Å²) in [7, 11) is 1.99. The Bertz CT molecular complexity index is 283. The van der Waals surface area contributed by atoms with E-state index in [0.717, 1.165) is 18.7 Å². The summed E-state index contributed by atoms with van der Waals surface area (Å²) in [6.07, 6.45) is 3.02. The molecule has 0 atom stereocenters. The highest BCUT2D eigenvalue weighted by atomic mass is 16.1. The first kappa shape index (κ1) is 9.78. The maximum Gasteiger partial charge on any atom is 0.235 e. The molecule has 0 unspecified atom stereocenters. The summed E-state index contributed by atoms with van der Waals surface area (Å²) in [4.78, 5) is 12.7. The zero-order valence-corrected chi connectivity index (χ0v) is 8.08. The van der Waals surface area contributed by atoms with Gasteiger partial charge in [0.15, 0.2) is 0 Å². The molecule has 2 nitrogen and oxygen atoms in total. The van der Waals surface area contributed by atoms with Gasteiger partial charge < -0.3 is 4.90 Å². The summed E-state index contributed by atoms with van der Waals surface area (Å²) in [5.74, 6) is 0. The fourth-order valence-corrected chi connectivity index (χ4v) is 1.35. The van der Waals surface area contributed by atoms with Crippen LogP contribution in [0.15, 0.2) is 24.3 Å². The molecule has 0 aliphatic heterocycles. The second kappa shape index (κ2) is 4.65. The second-order valence-electron chi connectivity index (χ2n) is 3.04. The van der Waals surface area contributed by atoms with Crippen LogP contribution in [-0.4, -0.2) is 19.9 Å². The van der Waals surface area contributed by atoms with Crippen molar-refractivity contribution in [2.24, 2.45) is 0 Å². The Morgan fingerprint density at radius 3 is 2.69 bits per heavy atom. The Morgan fingerprint density at radius 1 is 1.38 bits per heavy atom. The molecule has 1 aromatic carbocycles. The minimum absolute atomic E-state index is 0.637. The lowest BCUT2D eigenvalue weighted by atomic mass is 10.2. The molecule has 1 aromatic rings. The van der Waals surface area contributed by atoms with Crippen molar-refractivity contribution >= 4 is 12.0 Å². The van der Waals surface area contributed by atoms with Crippen LogP contribution < -0.4 is 4.90 Å². The third-order valence-electron chi connectivity index (χ3n) is 1.98. The van der Waals surface area contributed by atoms with Crippen molar-refractivity contribution in [2.75, 3.05) is 18.5 Å². The van der Waals surface area contributed by atoms with Gasteiger partial charge >= 0.3 is 0 Å². The maximum atomic E-state index is 10.6. The number of hydrogen-bond acceptors (Lipinski definition) is 2. The highest BCUT2D eigenvalue weighted by molar-refractivity contribution is 5.84. The van der Waals surface area contributed by atoms with Crippen LogP contribution in [0.4, 0.5) is 5.69 Å². The molecular formula is C11H14NO. The maximum absolute atomic E-state index is 10.6. The van der Waals surface area contributed by atoms with Crippen molar-refractivity contribution in [1.29, 1.82) is 0 Å².